The summed E-state index contributed by atoms with van der Waals surface area (Å²) in [4.78, 5) is 96.1. The second-order valence-corrected chi connectivity index (χ2v) is 34.8. The Kier molecular flexibility index (Phi) is 46.9. The van der Waals surface area contributed by atoms with Crippen LogP contribution in [0.25, 0.3) is 22.3 Å². The highest BCUT2D eigenvalue weighted by molar-refractivity contribution is 5.99. The van der Waals surface area contributed by atoms with E-state index in [0.29, 0.717) is 113 Å². The van der Waals surface area contributed by atoms with Gasteiger partial charge in [-0.15, -0.1) is 0 Å². The summed E-state index contributed by atoms with van der Waals surface area (Å²) in [6, 6.07) is 63.2. The summed E-state index contributed by atoms with van der Waals surface area (Å²) < 4.78 is 83.1. The van der Waals surface area contributed by atoms with Crippen molar-refractivity contribution in [2.24, 2.45) is 11.8 Å². The molecule has 0 unspecified atom stereocenters. The van der Waals surface area contributed by atoms with Crippen LogP contribution in [0.1, 0.15) is 307 Å². The molecule has 10 aromatic rings. The summed E-state index contributed by atoms with van der Waals surface area (Å²) in [5.74, 6) is 0.689. The number of hydrogen-bond donors (Lipinski definition) is 1. The average Bonchev–Trinajstić information content (AvgIpc) is 0.836. The van der Waals surface area contributed by atoms with Crippen molar-refractivity contribution in [2.75, 3.05) is 66.1 Å². The van der Waals surface area contributed by atoms with E-state index >= 15 is 0 Å². The van der Waals surface area contributed by atoms with Crippen LogP contribution in [0, 0.1) is 11.8 Å². The van der Waals surface area contributed by atoms with Gasteiger partial charge in [-0.3, -0.25) is 0 Å². The average molecular weight is 1870 g/mol. The van der Waals surface area contributed by atoms with Crippen LogP contribution in [0.3, 0.4) is 0 Å². The summed E-state index contributed by atoms with van der Waals surface area (Å²) in [6.45, 7) is 16.3. The molecule has 0 aliphatic carbocycles. The van der Waals surface area contributed by atoms with Gasteiger partial charge < -0.3 is 71.4 Å². The van der Waals surface area contributed by atoms with Gasteiger partial charge >= 0.3 is 41.8 Å². The van der Waals surface area contributed by atoms with E-state index in [0.717, 1.165) is 111 Å². The molecule has 0 aliphatic rings. The SMILES string of the molecule is CCCCCCCCOc1ccc(-c2ccc(OC(=O)c3ccc(OC(=O)c4ccc(OC[C@@H](C)CC)cc4OCCCCCCOC(=O)c4cc(OC(=O)c5ccc(OCCCCCCCCCCO)cc5)cc(C(=O)OCCCCCCOc5cc(OC[C@@H](C)CC)ccc5C(=O)Oc5ccc(C(=O)Oc6ccc(-c7ccc(OCCCCCCCC)cc7)cc6)cc5)c4)cc3)cc2)cc1. The molecule has 730 valence electrons. The molecule has 0 fully saturated rings. The van der Waals surface area contributed by atoms with Crippen molar-refractivity contribution in [3.63, 3.8) is 0 Å². The van der Waals surface area contributed by atoms with E-state index in [1.165, 1.54) is 131 Å². The van der Waals surface area contributed by atoms with Crippen molar-refractivity contribution in [1.82, 2.24) is 0 Å². The highest BCUT2D eigenvalue weighted by atomic mass is 16.6. The molecule has 0 aromatic heterocycles. The first-order valence-corrected chi connectivity index (χ1v) is 49.5. The van der Waals surface area contributed by atoms with E-state index in [9.17, 15) is 33.6 Å². The van der Waals surface area contributed by atoms with Gasteiger partial charge in [-0.05, 0) is 275 Å². The topological polar surface area (TPSA) is 269 Å². The fourth-order valence-corrected chi connectivity index (χ4v) is 14.7. The van der Waals surface area contributed by atoms with Crippen LogP contribution >= 0.6 is 0 Å². The largest absolute Gasteiger partial charge is 0.494 e. The Morgan fingerprint density at radius 2 is 0.482 bits per heavy atom. The van der Waals surface area contributed by atoms with Gasteiger partial charge in [-0.25, -0.2) is 33.6 Å². The molecule has 0 saturated heterocycles. The van der Waals surface area contributed by atoms with Crippen LogP contribution in [0.2, 0.25) is 0 Å². The Morgan fingerprint density at radius 3 is 0.796 bits per heavy atom. The standard InChI is InChI=1S/C115H138O22/c1-7-11-13-15-22-30-70-124-95-51-37-86(38-52-95)88-41-57-98(58-42-88)133-111(119)91-47-61-100(62-48-91)135-114(122)105-67-65-102(131-82-84(5)9-3)80-107(105)127-73-33-25-27-35-75-129-109(117)93-77-94(79-104(78-93)137-113(121)90-45-55-97(56-46-90)126-72-32-24-20-18-17-19-21-29-69-116)110(118)130-76-36-28-26-34-74-128-108-81-103(132-83-85(6)10-4)66-68-106(108)115(123)136-101-63-49-92(50-64-101)112(120)134-99-59-43-89(44-60-99)87-39-53-96(54-40-87)125-71-31-23-16-14-12-8-2/h37-68,77-81,84-85,116H,7-36,69-76,82-83H2,1-6H3/t84-,85-/m0/s1. The lowest BCUT2D eigenvalue weighted by molar-refractivity contribution is 0.0489. The molecule has 0 amide bonds. The van der Waals surface area contributed by atoms with Crippen molar-refractivity contribution in [1.29, 1.82) is 0 Å². The van der Waals surface area contributed by atoms with Crippen molar-refractivity contribution in [3.8, 4) is 91.2 Å². The van der Waals surface area contributed by atoms with Crippen molar-refractivity contribution >= 4 is 41.8 Å². The first kappa shape index (κ1) is 106. The molecular weight excluding hydrogens is 1730 g/mol. The summed E-state index contributed by atoms with van der Waals surface area (Å²) in [7, 11) is 0. The Bertz CT molecular complexity index is 4980. The third-order valence-corrected chi connectivity index (χ3v) is 23.5. The normalized spacial score (nSPS) is 11.5. The molecular formula is C115H138O22. The molecule has 10 aromatic carbocycles. The third-order valence-electron chi connectivity index (χ3n) is 23.5. The maximum atomic E-state index is 13.9. The Labute approximate surface area is 809 Å². The number of esters is 7. The number of hydrogen-bond acceptors (Lipinski definition) is 22. The second kappa shape index (κ2) is 60.5. The predicted molar refractivity (Wildman–Crippen MR) is 533 cm³/mol. The van der Waals surface area contributed by atoms with E-state index in [2.05, 4.69) is 41.5 Å². The number of unbranched alkanes of at least 4 members (excludes halogenated alkanes) is 23. The Hall–Kier alpha value is -13.0. The van der Waals surface area contributed by atoms with Crippen LogP contribution in [-0.2, 0) is 9.47 Å². The van der Waals surface area contributed by atoms with Gasteiger partial charge in [0.25, 0.3) is 0 Å². The minimum absolute atomic E-state index is 0.0266. The van der Waals surface area contributed by atoms with Gasteiger partial charge in [0.05, 0.1) is 87.3 Å². The van der Waals surface area contributed by atoms with Crippen molar-refractivity contribution < 1.29 is 105 Å². The fraction of sp³-hybridized carbons (Fsp3) is 0.417. The summed E-state index contributed by atoms with van der Waals surface area (Å²) >= 11 is 0. The minimum atomic E-state index is -0.753. The summed E-state index contributed by atoms with van der Waals surface area (Å²) in [5, 5.41) is 9.05. The number of carbonyl (C=O) groups is 7. The van der Waals surface area contributed by atoms with E-state index in [1.807, 2.05) is 72.8 Å². The van der Waals surface area contributed by atoms with Crippen molar-refractivity contribution in [3.05, 3.63) is 263 Å². The molecule has 0 saturated carbocycles. The molecule has 22 nitrogen and oxygen atoms in total. The summed E-state index contributed by atoms with van der Waals surface area (Å²) in [6.07, 6.45) is 29.2. The Morgan fingerprint density at radius 1 is 0.226 bits per heavy atom. The van der Waals surface area contributed by atoms with E-state index in [4.69, 9.17) is 71.4 Å². The number of benzene rings is 10. The first-order valence-electron chi connectivity index (χ1n) is 49.5. The zero-order valence-corrected chi connectivity index (χ0v) is 80.8. The highest BCUT2D eigenvalue weighted by Gasteiger charge is 2.24. The molecule has 10 rings (SSSR count). The van der Waals surface area contributed by atoms with Gasteiger partial charge in [0.2, 0.25) is 0 Å². The van der Waals surface area contributed by atoms with E-state index < -0.39 is 41.8 Å². The first-order chi connectivity index (χ1) is 66.9. The lowest BCUT2D eigenvalue weighted by Crippen LogP contribution is -2.13. The lowest BCUT2D eigenvalue weighted by atomic mass is 10.1. The number of aliphatic hydroxyl groups excluding tert-OH is 1. The van der Waals surface area contributed by atoms with Crippen LogP contribution in [0.5, 0.6) is 69.0 Å². The predicted octanol–water partition coefficient (Wildman–Crippen LogP) is 27.5. The van der Waals surface area contributed by atoms with Crippen LogP contribution in [-0.4, -0.2) is 113 Å². The molecule has 22 heteroatoms. The molecule has 0 bridgehead atoms. The molecule has 1 N–H and O–H groups in total. The summed E-state index contributed by atoms with van der Waals surface area (Å²) in [5.41, 5.74) is 4.90. The maximum absolute atomic E-state index is 13.9. The van der Waals surface area contributed by atoms with Crippen LogP contribution < -0.4 is 56.8 Å². The quantitative estimate of drug-likeness (QED) is 0.0211. The fourth-order valence-electron chi connectivity index (χ4n) is 14.7. The van der Waals surface area contributed by atoms with Crippen LogP contribution in [0.4, 0.5) is 0 Å². The zero-order chi connectivity index (χ0) is 96.8. The van der Waals surface area contributed by atoms with Gasteiger partial charge in [0.15, 0.2) is 0 Å². The monoisotopic (exact) mass is 1870 g/mol. The molecule has 0 spiro atoms. The lowest BCUT2D eigenvalue weighted by Gasteiger charge is -2.15. The maximum Gasteiger partial charge on any atom is 0.347 e. The third kappa shape index (κ3) is 38.3. The van der Waals surface area contributed by atoms with Crippen molar-refractivity contribution in [2.45, 2.75) is 234 Å². The smallest absolute Gasteiger partial charge is 0.347 e. The number of ether oxygens (including phenoxy) is 14. The van der Waals surface area contributed by atoms with Gasteiger partial charge in [0, 0.05) is 18.7 Å². The molecule has 0 radical (unpaired) electrons. The van der Waals surface area contributed by atoms with Gasteiger partial charge in [-0.1, -0.05) is 206 Å². The minimum Gasteiger partial charge on any atom is -0.494 e. The second-order valence-electron chi connectivity index (χ2n) is 34.8. The molecule has 0 aliphatic heterocycles. The molecule has 137 heavy (non-hydrogen) atoms. The Balaban J connectivity index is 0.685. The number of aliphatic hydroxyl groups is 1. The van der Waals surface area contributed by atoms with E-state index in [1.54, 1.807) is 84.9 Å². The molecule has 2 atom stereocenters. The zero-order valence-electron chi connectivity index (χ0n) is 80.8. The number of carbonyl (C=O) groups excluding carboxylic acids is 7. The van der Waals surface area contributed by atoms with Gasteiger partial charge in [0.1, 0.15) is 80.1 Å². The number of rotatable bonds is 65. The molecule has 0 heterocycles. The highest BCUT2D eigenvalue weighted by Crippen LogP contribution is 2.34. The van der Waals surface area contributed by atoms with Gasteiger partial charge in [-0.2, -0.15) is 0 Å². The van der Waals surface area contributed by atoms with Crippen LogP contribution in [0.15, 0.2) is 224 Å². The van der Waals surface area contributed by atoms with E-state index in [-0.39, 0.29) is 113 Å².